The fourth-order valence-corrected chi connectivity index (χ4v) is 2.48. The molecule has 1 heterocycles. The van der Waals surface area contributed by atoms with Gasteiger partial charge in [-0.15, -0.1) is 0 Å². The molecule has 0 atom stereocenters. The third kappa shape index (κ3) is 5.55. The normalized spacial score (nSPS) is 14.6. The number of benzene rings is 1. The molecule has 1 fully saturated rings. The second-order valence-corrected chi connectivity index (χ2v) is 5.61. The average Bonchev–Trinajstić information content (AvgIpc) is 2.78. The number of carbonyl (C=O) groups excluding carboxylic acids is 3. The highest BCUT2D eigenvalue weighted by Crippen LogP contribution is 2.22. The number of nitrogens with one attached hydrogen (secondary N) is 1. The van der Waals surface area contributed by atoms with Gasteiger partial charge in [0.15, 0.2) is 6.61 Å². The van der Waals surface area contributed by atoms with Crippen LogP contribution in [0.15, 0.2) is 24.3 Å². The van der Waals surface area contributed by atoms with Crippen molar-refractivity contribution in [1.29, 1.82) is 0 Å². The van der Waals surface area contributed by atoms with Gasteiger partial charge in [0, 0.05) is 19.0 Å². The van der Waals surface area contributed by atoms with Crippen molar-refractivity contribution in [1.82, 2.24) is 4.90 Å². The molecule has 25 heavy (non-hydrogen) atoms. The Labute approximate surface area is 144 Å². The van der Waals surface area contributed by atoms with Gasteiger partial charge in [-0.05, 0) is 18.9 Å². The summed E-state index contributed by atoms with van der Waals surface area (Å²) < 4.78 is 4.85. The molecule has 0 spiro atoms. The van der Waals surface area contributed by atoms with E-state index < -0.39 is 23.4 Å². The van der Waals surface area contributed by atoms with Crippen LogP contribution in [0.2, 0.25) is 0 Å². The molecule has 2 amide bonds. The van der Waals surface area contributed by atoms with Crippen LogP contribution >= 0.6 is 0 Å². The largest absolute Gasteiger partial charge is 0.454 e. The zero-order chi connectivity index (χ0) is 18.2. The molecule has 0 aliphatic carbocycles. The summed E-state index contributed by atoms with van der Waals surface area (Å²) in [6, 6.07) is 5.66. The minimum atomic E-state index is -0.690. The minimum Gasteiger partial charge on any atom is -0.454 e. The predicted molar refractivity (Wildman–Crippen MR) is 87.7 cm³/mol. The van der Waals surface area contributed by atoms with E-state index in [0.29, 0.717) is 13.0 Å². The highest BCUT2D eigenvalue weighted by atomic mass is 16.6. The molecule has 0 bridgehead atoms. The maximum absolute atomic E-state index is 11.8. The second kappa shape index (κ2) is 8.76. The lowest BCUT2D eigenvalue weighted by Gasteiger charge is -2.19. The number of amides is 2. The van der Waals surface area contributed by atoms with Crippen LogP contribution in [-0.4, -0.2) is 47.3 Å². The molecule has 0 aromatic heterocycles. The van der Waals surface area contributed by atoms with Crippen LogP contribution in [0.5, 0.6) is 0 Å². The van der Waals surface area contributed by atoms with E-state index >= 15 is 0 Å². The van der Waals surface area contributed by atoms with Crippen molar-refractivity contribution >= 4 is 29.2 Å². The minimum absolute atomic E-state index is 0.0243. The van der Waals surface area contributed by atoms with Gasteiger partial charge in [-0.25, -0.2) is 0 Å². The van der Waals surface area contributed by atoms with Crippen LogP contribution < -0.4 is 5.32 Å². The number of anilines is 1. The topological polar surface area (TPSA) is 119 Å². The molecule has 0 unspecified atom stereocenters. The molecule has 9 heteroatoms. The molecule has 1 N–H and O–H groups in total. The molecular weight excluding hydrogens is 330 g/mol. The highest BCUT2D eigenvalue weighted by Gasteiger charge is 2.21. The Hall–Kier alpha value is -2.97. The number of hydrogen-bond donors (Lipinski definition) is 1. The quantitative estimate of drug-likeness (QED) is 0.472. The van der Waals surface area contributed by atoms with Crippen LogP contribution in [0, 0.1) is 10.1 Å². The number of hydrogen-bond acceptors (Lipinski definition) is 6. The van der Waals surface area contributed by atoms with Crippen molar-refractivity contribution in [3.63, 3.8) is 0 Å². The third-order valence-electron chi connectivity index (χ3n) is 3.73. The zero-order valence-electron chi connectivity index (χ0n) is 13.6. The van der Waals surface area contributed by atoms with E-state index in [1.807, 2.05) is 0 Å². The zero-order valence-corrected chi connectivity index (χ0v) is 13.6. The average molecular weight is 349 g/mol. The van der Waals surface area contributed by atoms with Gasteiger partial charge in [0.1, 0.15) is 12.2 Å². The summed E-state index contributed by atoms with van der Waals surface area (Å²) in [5, 5.41) is 13.2. The third-order valence-corrected chi connectivity index (χ3v) is 3.73. The Morgan fingerprint density at radius 2 is 2.00 bits per heavy atom. The fraction of sp³-hybridized carbons (Fsp3) is 0.438. The molecule has 2 rings (SSSR count). The molecule has 9 nitrogen and oxygen atoms in total. The van der Waals surface area contributed by atoms with Crippen LogP contribution in [0.4, 0.5) is 11.4 Å². The molecule has 134 valence electrons. The SMILES string of the molecule is O=C(COC(=O)CN1CCCCCC1=O)Nc1ccccc1[N+](=O)[O-]. The first kappa shape index (κ1) is 18.4. The second-order valence-electron chi connectivity index (χ2n) is 5.61. The van der Waals surface area contributed by atoms with Crippen LogP contribution in [0.25, 0.3) is 0 Å². The number of nitrogens with zero attached hydrogens (tertiary/aromatic N) is 2. The molecule has 0 saturated carbocycles. The molecule has 1 aliphatic rings. The van der Waals surface area contributed by atoms with E-state index in [9.17, 15) is 24.5 Å². The van der Waals surface area contributed by atoms with Gasteiger partial charge in [-0.2, -0.15) is 0 Å². The maximum atomic E-state index is 11.8. The number of likely N-dealkylation sites (tertiary alicyclic amines) is 1. The van der Waals surface area contributed by atoms with Crippen molar-refractivity contribution in [2.75, 3.05) is 25.0 Å². The van der Waals surface area contributed by atoms with Crippen molar-refractivity contribution in [3.05, 3.63) is 34.4 Å². The molecule has 0 radical (unpaired) electrons. The smallest absolute Gasteiger partial charge is 0.326 e. The number of ether oxygens (including phenoxy) is 1. The molecule has 1 aromatic rings. The summed E-state index contributed by atoms with van der Waals surface area (Å²) in [6.45, 7) is -0.277. The maximum Gasteiger partial charge on any atom is 0.326 e. The summed E-state index contributed by atoms with van der Waals surface area (Å²) in [7, 11) is 0. The number of carbonyl (C=O) groups is 3. The van der Waals surface area contributed by atoms with E-state index in [-0.39, 0.29) is 23.8 Å². The summed E-state index contributed by atoms with van der Waals surface area (Å²) in [5.74, 6) is -1.48. The van der Waals surface area contributed by atoms with Gasteiger partial charge in [0.2, 0.25) is 5.91 Å². The Balaban J connectivity index is 1.82. The molecule has 1 aromatic carbocycles. The number of esters is 1. The van der Waals surface area contributed by atoms with E-state index in [1.54, 1.807) is 6.07 Å². The van der Waals surface area contributed by atoms with Gasteiger partial charge in [-0.3, -0.25) is 24.5 Å². The standard InChI is InChI=1S/C16H19N3O6/c20-14(17-12-6-3-4-7-13(12)19(23)24)11-25-16(22)10-18-9-5-1-2-8-15(18)21/h3-4,6-7H,1-2,5,8-11H2,(H,17,20). The number of rotatable bonds is 6. The summed E-state index contributed by atoms with van der Waals surface area (Å²) in [6.07, 6.45) is 2.99. The van der Waals surface area contributed by atoms with Crippen molar-refractivity contribution in [2.45, 2.75) is 25.7 Å². The number of nitro groups is 1. The van der Waals surface area contributed by atoms with E-state index in [4.69, 9.17) is 4.74 Å². The van der Waals surface area contributed by atoms with Crippen molar-refractivity contribution in [2.24, 2.45) is 0 Å². The number of nitro benzene ring substituents is 1. The molecule has 1 saturated heterocycles. The van der Waals surface area contributed by atoms with Crippen LogP contribution in [0.1, 0.15) is 25.7 Å². The van der Waals surface area contributed by atoms with Gasteiger partial charge in [0.25, 0.3) is 11.6 Å². The first-order chi connectivity index (χ1) is 12.0. The molecular formula is C16H19N3O6. The summed E-state index contributed by atoms with van der Waals surface area (Å²) in [5.41, 5.74) is -0.228. The Kier molecular flexibility index (Phi) is 6.44. The van der Waals surface area contributed by atoms with Gasteiger partial charge in [-0.1, -0.05) is 18.6 Å². The van der Waals surface area contributed by atoms with Crippen molar-refractivity contribution in [3.8, 4) is 0 Å². The lowest BCUT2D eigenvalue weighted by atomic mass is 10.2. The van der Waals surface area contributed by atoms with Crippen molar-refractivity contribution < 1.29 is 24.0 Å². The highest BCUT2D eigenvalue weighted by molar-refractivity contribution is 5.95. The Bertz CT molecular complexity index is 676. The van der Waals surface area contributed by atoms with E-state index in [2.05, 4.69) is 5.32 Å². The lowest BCUT2D eigenvalue weighted by Crippen LogP contribution is -2.36. The Morgan fingerprint density at radius 1 is 1.24 bits per heavy atom. The fourth-order valence-electron chi connectivity index (χ4n) is 2.48. The van der Waals surface area contributed by atoms with Gasteiger partial charge < -0.3 is 15.0 Å². The number of para-hydroxylation sites is 2. The molecule has 1 aliphatic heterocycles. The van der Waals surface area contributed by atoms with Crippen LogP contribution in [0.3, 0.4) is 0 Å². The summed E-state index contributed by atoms with van der Waals surface area (Å²) >= 11 is 0. The van der Waals surface area contributed by atoms with Crippen LogP contribution in [-0.2, 0) is 19.1 Å². The van der Waals surface area contributed by atoms with E-state index in [0.717, 1.165) is 19.3 Å². The first-order valence-corrected chi connectivity index (χ1v) is 7.94. The Morgan fingerprint density at radius 3 is 2.76 bits per heavy atom. The van der Waals surface area contributed by atoms with E-state index in [1.165, 1.54) is 23.1 Å². The van der Waals surface area contributed by atoms with Gasteiger partial charge in [0.05, 0.1) is 4.92 Å². The lowest BCUT2D eigenvalue weighted by molar-refractivity contribution is -0.383. The summed E-state index contributed by atoms with van der Waals surface area (Å²) in [4.78, 5) is 47.1. The predicted octanol–water partition coefficient (Wildman–Crippen LogP) is 1.48. The monoisotopic (exact) mass is 349 g/mol. The van der Waals surface area contributed by atoms with Gasteiger partial charge >= 0.3 is 5.97 Å². The first-order valence-electron chi connectivity index (χ1n) is 7.94.